The van der Waals surface area contributed by atoms with E-state index in [0.29, 0.717) is 12.8 Å². The van der Waals surface area contributed by atoms with Gasteiger partial charge in [0, 0.05) is 13.5 Å². The van der Waals surface area contributed by atoms with Crippen molar-refractivity contribution in [2.24, 2.45) is 0 Å². The van der Waals surface area contributed by atoms with Gasteiger partial charge in [-0.15, -0.1) is 6.58 Å². The molecule has 25 heavy (non-hydrogen) atoms. The Morgan fingerprint density at radius 1 is 1.28 bits per heavy atom. The van der Waals surface area contributed by atoms with Gasteiger partial charge in [-0.1, -0.05) is 57.2 Å². The average molecular weight is 362 g/mol. The van der Waals surface area contributed by atoms with E-state index in [1.807, 2.05) is 30.1 Å². The molecule has 0 saturated heterocycles. The van der Waals surface area contributed by atoms with Gasteiger partial charge < -0.3 is 9.33 Å². The van der Waals surface area contributed by atoms with E-state index in [4.69, 9.17) is 4.43 Å². The quantitative estimate of drug-likeness (QED) is 0.448. The zero-order valence-electron chi connectivity index (χ0n) is 17.0. The molecule has 0 radical (unpaired) electrons. The fourth-order valence-electron chi connectivity index (χ4n) is 2.41. The number of carbonyl (C=O) groups is 1. The van der Waals surface area contributed by atoms with E-state index in [2.05, 4.69) is 59.5 Å². The zero-order valence-corrected chi connectivity index (χ0v) is 18.0. The smallest absolute Gasteiger partial charge is 0.222 e. The second-order valence-corrected chi connectivity index (χ2v) is 13.0. The topological polar surface area (TPSA) is 29.5 Å². The minimum Gasteiger partial charge on any atom is -0.408 e. The maximum absolute atomic E-state index is 12.5. The van der Waals surface area contributed by atoms with Crippen LogP contribution >= 0.6 is 0 Å². The molecule has 0 N–H and O–H groups in total. The highest BCUT2D eigenvalue weighted by Gasteiger charge is 2.41. The molecule has 3 nitrogen and oxygen atoms in total. The third kappa shape index (κ3) is 5.82. The lowest BCUT2D eigenvalue weighted by Gasteiger charge is -2.42. The predicted octanol–water partition coefficient (Wildman–Crippen LogP) is 5.56. The Morgan fingerprint density at radius 3 is 2.32 bits per heavy atom. The van der Waals surface area contributed by atoms with E-state index in [0.717, 1.165) is 5.56 Å². The SMILES string of the molecule is C=CCCC(=O)N(C)[C@H](C)[C@@H](O[Si](C)(C)C(C)(C)C)c1ccccc1. The Labute approximate surface area is 155 Å². The molecule has 0 aromatic heterocycles. The molecule has 1 rings (SSSR count). The van der Waals surface area contributed by atoms with Crippen molar-refractivity contribution in [1.29, 1.82) is 0 Å². The number of hydrogen-bond acceptors (Lipinski definition) is 2. The summed E-state index contributed by atoms with van der Waals surface area (Å²) in [5.74, 6) is 0.132. The van der Waals surface area contributed by atoms with Crippen LogP contribution in [0.1, 0.15) is 52.2 Å². The summed E-state index contributed by atoms with van der Waals surface area (Å²) in [6, 6.07) is 10.2. The van der Waals surface area contributed by atoms with Crippen molar-refractivity contribution in [2.75, 3.05) is 7.05 Å². The monoisotopic (exact) mass is 361 g/mol. The molecule has 1 aromatic carbocycles. The number of allylic oxidation sites excluding steroid dienone is 1. The number of benzene rings is 1. The minimum absolute atomic E-state index is 0.0335. The lowest BCUT2D eigenvalue weighted by molar-refractivity contribution is -0.133. The lowest BCUT2D eigenvalue weighted by Crippen LogP contribution is -2.47. The highest BCUT2D eigenvalue weighted by molar-refractivity contribution is 6.74. The van der Waals surface area contributed by atoms with Gasteiger partial charge >= 0.3 is 0 Å². The summed E-state index contributed by atoms with van der Waals surface area (Å²) in [5, 5.41) is 0.116. The van der Waals surface area contributed by atoms with Crippen LogP contribution in [0, 0.1) is 0 Å². The van der Waals surface area contributed by atoms with E-state index < -0.39 is 8.32 Å². The van der Waals surface area contributed by atoms with Crippen LogP contribution in [0.4, 0.5) is 0 Å². The van der Waals surface area contributed by atoms with Gasteiger partial charge in [-0.05, 0) is 37.0 Å². The number of rotatable bonds is 8. The second kappa shape index (κ2) is 8.81. The standard InChI is InChI=1S/C21H35NO2Si/c1-9-10-16-19(23)22(6)17(2)20(18-14-12-11-13-15-18)24-25(7,8)21(3,4)5/h9,11-15,17,20H,1,10,16H2,2-8H3/t17-,20-/m1/s1. The van der Waals surface area contributed by atoms with Crippen LogP contribution in [0.5, 0.6) is 0 Å². The molecule has 140 valence electrons. The van der Waals surface area contributed by atoms with Gasteiger partial charge in [-0.3, -0.25) is 4.79 Å². The molecule has 0 unspecified atom stereocenters. The summed E-state index contributed by atoms with van der Waals surface area (Å²) in [7, 11) is -0.0977. The van der Waals surface area contributed by atoms with Crippen molar-refractivity contribution in [3.05, 3.63) is 48.6 Å². The predicted molar refractivity (Wildman–Crippen MR) is 109 cm³/mol. The summed E-state index contributed by atoms with van der Waals surface area (Å²) in [5.41, 5.74) is 1.13. The van der Waals surface area contributed by atoms with Crippen LogP contribution in [0.15, 0.2) is 43.0 Å². The first-order valence-corrected chi connectivity index (χ1v) is 12.0. The van der Waals surface area contributed by atoms with Crippen molar-refractivity contribution in [3.8, 4) is 0 Å². The number of hydrogen-bond donors (Lipinski definition) is 0. The van der Waals surface area contributed by atoms with Gasteiger partial charge in [-0.2, -0.15) is 0 Å². The maximum atomic E-state index is 12.5. The first-order chi connectivity index (χ1) is 11.5. The Balaban J connectivity index is 3.11. The molecule has 0 bridgehead atoms. The van der Waals surface area contributed by atoms with Gasteiger partial charge in [-0.25, -0.2) is 0 Å². The van der Waals surface area contributed by atoms with E-state index in [1.54, 1.807) is 6.08 Å². The third-order valence-electron chi connectivity index (χ3n) is 5.36. The summed E-state index contributed by atoms with van der Waals surface area (Å²) in [4.78, 5) is 14.3. The van der Waals surface area contributed by atoms with Gasteiger partial charge in [0.25, 0.3) is 0 Å². The second-order valence-electron chi connectivity index (χ2n) is 8.28. The molecule has 0 fully saturated rings. The van der Waals surface area contributed by atoms with Crippen LogP contribution in [0.2, 0.25) is 18.1 Å². The Morgan fingerprint density at radius 2 is 1.84 bits per heavy atom. The maximum Gasteiger partial charge on any atom is 0.222 e. The number of nitrogens with zero attached hydrogens (tertiary/aromatic N) is 1. The number of likely N-dealkylation sites (N-methyl/N-ethyl adjacent to an activating group) is 1. The largest absolute Gasteiger partial charge is 0.408 e. The van der Waals surface area contributed by atoms with E-state index in [9.17, 15) is 4.79 Å². The van der Waals surface area contributed by atoms with Crippen molar-refractivity contribution in [1.82, 2.24) is 4.90 Å². The van der Waals surface area contributed by atoms with Crippen LogP contribution in [0.25, 0.3) is 0 Å². The van der Waals surface area contributed by atoms with Gasteiger partial charge in [0.1, 0.15) is 0 Å². The molecule has 0 aliphatic heterocycles. The van der Waals surface area contributed by atoms with Crippen molar-refractivity contribution in [3.63, 3.8) is 0 Å². The van der Waals surface area contributed by atoms with Gasteiger partial charge in [0.15, 0.2) is 8.32 Å². The third-order valence-corrected chi connectivity index (χ3v) is 9.82. The fourth-order valence-corrected chi connectivity index (χ4v) is 3.74. The van der Waals surface area contributed by atoms with Crippen molar-refractivity contribution >= 4 is 14.2 Å². The highest BCUT2D eigenvalue weighted by Crippen LogP contribution is 2.41. The number of amides is 1. The van der Waals surface area contributed by atoms with Gasteiger partial charge in [0.05, 0.1) is 12.1 Å². The molecule has 1 amide bonds. The van der Waals surface area contributed by atoms with Crippen LogP contribution in [-0.4, -0.2) is 32.2 Å². The number of carbonyl (C=O) groups excluding carboxylic acids is 1. The first-order valence-electron chi connectivity index (χ1n) is 9.10. The highest BCUT2D eigenvalue weighted by atomic mass is 28.4. The first kappa shape index (κ1) is 21.6. The Kier molecular flexibility index (Phi) is 7.63. The van der Waals surface area contributed by atoms with Gasteiger partial charge in [0.2, 0.25) is 5.91 Å². The molecule has 0 aliphatic carbocycles. The lowest BCUT2D eigenvalue weighted by atomic mass is 10.0. The molecular formula is C21H35NO2Si. The van der Waals surface area contributed by atoms with Crippen LogP contribution in [0.3, 0.4) is 0 Å². The zero-order chi connectivity index (χ0) is 19.3. The van der Waals surface area contributed by atoms with E-state index in [-0.39, 0.29) is 23.1 Å². The van der Waals surface area contributed by atoms with E-state index in [1.165, 1.54) is 0 Å². The summed E-state index contributed by atoms with van der Waals surface area (Å²) in [6.45, 7) is 17.0. The molecular weight excluding hydrogens is 326 g/mol. The summed E-state index contributed by atoms with van der Waals surface area (Å²) in [6.07, 6.45) is 2.86. The Hall–Kier alpha value is -1.39. The van der Waals surface area contributed by atoms with Crippen molar-refractivity contribution < 1.29 is 9.22 Å². The molecule has 0 aliphatic rings. The normalized spacial score (nSPS) is 14.7. The molecule has 2 atom stereocenters. The van der Waals surface area contributed by atoms with Crippen LogP contribution < -0.4 is 0 Å². The average Bonchev–Trinajstić information content (AvgIpc) is 2.56. The van der Waals surface area contributed by atoms with Crippen molar-refractivity contribution in [2.45, 2.75) is 70.8 Å². The molecule has 0 spiro atoms. The summed E-state index contributed by atoms with van der Waals surface area (Å²) >= 11 is 0. The van der Waals surface area contributed by atoms with Crippen LogP contribution in [-0.2, 0) is 9.22 Å². The Bertz CT molecular complexity index is 563. The fraction of sp³-hybridized carbons (Fsp3) is 0.571. The molecule has 0 heterocycles. The molecule has 4 heteroatoms. The molecule has 0 saturated carbocycles. The molecule has 1 aromatic rings. The minimum atomic E-state index is -1.97. The van der Waals surface area contributed by atoms with E-state index >= 15 is 0 Å². The summed E-state index contributed by atoms with van der Waals surface area (Å²) < 4.78 is 6.75.